The number of aliphatic hydroxyl groups is 1. The van der Waals surface area contributed by atoms with Crippen LogP contribution < -0.4 is 0 Å². The Balaban J connectivity index is 2.53. The Morgan fingerprint density at radius 2 is 1.83 bits per heavy atom. The Hall–Kier alpha value is -1.59. The van der Waals surface area contributed by atoms with Gasteiger partial charge in [0.25, 0.3) is 0 Å². The van der Waals surface area contributed by atoms with E-state index in [1.165, 1.54) is 12.1 Å². The normalized spacial score (nSPS) is 12.5. The summed E-state index contributed by atoms with van der Waals surface area (Å²) in [5, 5.41) is 10.0. The highest BCUT2D eigenvalue weighted by atomic mass is 35.5. The lowest BCUT2D eigenvalue weighted by molar-refractivity contribution is 0.206. The zero-order valence-corrected chi connectivity index (χ0v) is 9.63. The third kappa shape index (κ3) is 2.32. The zero-order chi connectivity index (χ0) is 13.3. The Morgan fingerprint density at radius 1 is 1.17 bits per heavy atom. The standard InChI is InChI=1S/C12H7ClF3NO/c13-7-4-2-1-3-6(7)11(18)10-8(14)5-9(15)17-12(10)16/h1-5,11,18H. The van der Waals surface area contributed by atoms with E-state index in [0.717, 1.165) is 0 Å². The van der Waals surface area contributed by atoms with Gasteiger partial charge in [-0.2, -0.15) is 13.8 Å². The molecule has 1 unspecified atom stereocenters. The maximum Gasteiger partial charge on any atom is 0.224 e. The van der Waals surface area contributed by atoms with E-state index in [-0.39, 0.29) is 10.6 Å². The second-order valence-electron chi connectivity index (χ2n) is 3.56. The molecule has 18 heavy (non-hydrogen) atoms. The molecule has 1 N–H and O–H groups in total. The quantitative estimate of drug-likeness (QED) is 0.852. The van der Waals surface area contributed by atoms with Crippen molar-refractivity contribution in [1.82, 2.24) is 4.98 Å². The highest BCUT2D eigenvalue weighted by Crippen LogP contribution is 2.30. The lowest BCUT2D eigenvalue weighted by Gasteiger charge is -2.14. The lowest BCUT2D eigenvalue weighted by Crippen LogP contribution is -2.09. The molecular formula is C12H7ClF3NO. The van der Waals surface area contributed by atoms with Crippen molar-refractivity contribution < 1.29 is 18.3 Å². The predicted octanol–water partition coefficient (Wildman–Crippen LogP) is 3.23. The first kappa shape index (κ1) is 12.9. The molecule has 0 fully saturated rings. The molecule has 0 aliphatic carbocycles. The van der Waals surface area contributed by atoms with Crippen LogP contribution in [0.4, 0.5) is 13.2 Å². The van der Waals surface area contributed by atoms with E-state index in [4.69, 9.17) is 11.6 Å². The van der Waals surface area contributed by atoms with E-state index >= 15 is 0 Å². The number of benzene rings is 1. The van der Waals surface area contributed by atoms with Gasteiger partial charge in [0, 0.05) is 16.7 Å². The van der Waals surface area contributed by atoms with Crippen LogP contribution in [0.5, 0.6) is 0 Å². The van der Waals surface area contributed by atoms with Gasteiger partial charge in [-0.25, -0.2) is 4.39 Å². The fourth-order valence-electron chi connectivity index (χ4n) is 1.56. The molecule has 6 heteroatoms. The molecule has 0 amide bonds. The van der Waals surface area contributed by atoms with Crippen LogP contribution in [0.2, 0.25) is 5.02 Å². The van der Waals surface area contributed by atoms with Crippen LogP contribution >= 0.6 is 11.6 Å². The predicted molar refractivity (Wildman–Crippen MR) is 59.6 cm³/mol. The number of hydrogen-bond acceptors (Lipinski definition) is 2. The molecule has 0 saturated carbocycles. The van der Waals surface area contributed by atoms with Crippen LogP contribution in [0.15, 0.2) is 30.3 Å². The highest BCUT2D eigenvalue weighted by Gasteiger charge is 2.23. The number of aromatic nitrogens is 1. The van der Waals surface area contributed by atoms with Crippen LogP contribution in [0, 0.1) is 17.7 Å². The van der Waals surface area contributed by atoms with E-state index in [0.29, 0.717) is 6.07 Å². The van der Waals surface area contributed by atoms with Crippen molar-refractivity contribution in [3.8, 4) is 0 Å². The highest BCUT2D eigenvalue weighted by molar-refractivity contribution is 6.31. The van der Waals surface area contributed by atoms with Gasteiger partial charge in [0.15, 0.2) is 0 Å². The molecule has 2 rings (SSSR count). The van der Waals surface area contributed by atoms with E-state index < -0.39 is 29.4 Å². The van der Waals surface area contributed by atoms with Crippen molar-refractivity contribution in [1.29, 1.82) is 0 Å². The number of rotatable bonds is 2. The minimum atomic E-state index is -1.65. The summed E-state index contributed by atoms with van der Waals surface area (Å²) in [4.78, 5) is 2.83. The molecule has 0 bridgehead atoms. The first-order valence-corrected chi connectivity index (χ1v) is 5.32. The third-order valence-corrected chi connectivity index (χ3v) is 2.75. The van der Waals surface area contributed by atoms with Crippen molar-refractivity contribution in [2.24, 2.45) is 0 Å². The number of hydrogen-bond donors (Lipinski definition) is 1. The van der Waals surface area contributed by atoms with Crippen molar-refractivity contribution >= 4 is 11.6 Å². The first-order chi connectivity index (χ1) is 8.50. The van der Waals surface area contributed by atoms with Gasteiger partial charge in [0.1, 0.15) is 11.9 Å². The third-order valence-electron chi connectivity index (χ3n) is 2.40. The molecule has 0 aliphatic rings. The number of halogens is 4. The zero-order valence-electron chi connectivity index (χ0n) is 8.87. The van der Waals surface area contributed by atoms with Gasteiger partial charge in [0.05, 0.1) is 5.56 Å². The summed E-state index contributed by atoms with van der Waals surface area (Å²) in [6, 6.07) is 6.44. The summed E-state index contributed by atoms with van der Waals surface area (Å²) in [5.41, 5.74) is -0.616. The number of nitrogens with zero attached hydrogens (tertiary/aromatic N) is 1. The van der Waals surface area contributed by atoms with Crippen LogP contribution in [-0.2, 0) is 0 Å². The van der Waals surface area contributed by atoms with Crippen molar-refractivity contribution in [2.75, 3.05) is 0 Å². The topological polar surface area (TPSA) is 33.1 Å². The smallest absolute Gasteiger partial charge is 0.224 e. The summed E-state index contributed by atoms with van der Waals surface area (Å²) in [5.74, 6) is -3.91. The minimum Gasteiger partial charge on any atom is -0.383 e. The molecule has 1 aromatic heterocycles. The average Bonchev–Trinajstić information content (AvgIpc) is 2.27. The van der Waals surface area contributed by atoms with Crippen LogP contribution in [0.25, 0.3) is 0 Å². The number of aliphatic hydroxyl groups excluding tert-OH is 1. The molecule has 2 nitrogen and oxygen atoms in total. The maximum atomic E-state index is 13.5. The number of pyridine rings is 1. The second kappa shape index (κ2) is 4.96. The summed E-state index contributed by atoms with van der Waals surface area (Å²) in [6.45, 7) is 0. The van der Waals surface area contributed by atoms with Crippen molar-refractivity contribution in [2.45, 2.75) is 6.10 Å². The molecule has 1 atom stereocenters. The average molecular weight is 274 g/mol. The largest absolute Gasteiger partial charge is 0.383 e. The van der Waals surface area contributed by atoms with Gasteiger partial charge in [-0.15, -0.1) is 0 Å². The summed E-state index contributed by atoms with van der Waals surface area (Å²) in [6.07, 6.45) is -1.65. The van der Waals surface area contributed by atoms with Gasteiger partial charge < -0.3 is 5.11 Å². The summed E-state index contributed by atoms with van der Waals surface area (Å²) in [7, 11) is 0. The molecule has 0 aliphatic heterocycles. The Labute approximate surface area is 106 Å². The fourth-order valence-corrected chi connectivity index (χ4v) is 1.80. The van der Waals surface area contributed by atoms with Gasteiger partial charge >= 0.3 is 0 Å². The molecule has 94 valence electrons. The maximum absolute atomic E-state index is 13.5. The van der Waals surface area contributed by atoms with Gasteiger partial charge in [-0.1, -0.05) is 29.8 Å². The summed E-state index contributed by atoms with van der Waals surface area (Å²) >= 11 is 5.81. The van der Waals surface area contributed by atoms with Gasteiger partial charge in [-0.05, 0) is 6.07 Å². The molecule has 2 aromatic rings. The Kier molecular flexibility index (Phi) is 3.54. The molecular weight excluding hydrogens is 267 g/mol. The van der Waals surface area contributed by atoms with E-state index in [9.17, 15) is 18.3 Å². The van der Waals surface area contributed by atoms with Crippen molar-refractivity contribution in [3.05, 3.63) is 64.2 Å². The fraction of sp³-hybridized carbons (Fsp3) is 0.0833. The lowest BCUT2D eigenvalue weighted by atomic mass is 10.0. The molecule has 0 saturated heterocycles. The van der Waals surface area contributed by atoms with Crippen LogP contribution in [0.1, 0.15) is 17.2 Å². The van der Waals surface area contributed by atoms with Crippen molar-refractivity contribution in [3.63, 3.8) is 0 Å². The Bertz CT molecular complexity index is 568. The van der Waals surface area contributed by atoms with Gasteiger partial charge in [-0.3, -0.25) is 0 Å². The van der Waals surface area contributed by atoms with Gasteiger partial charge in [0.2, 0.25) is 11.9 Å². The second-order valence-corrected chi connectivity index (χ2v) is 3.96. The monoisotopic (exact) mass is 273 g/mol. The van der Waals surface area contributed by atoms with E-state index in [1.54, 1.807) is 12.1 Å². The van der Waals surface area contributed by atoms with E-state index in [2.05, 4.69) is 4.98 Å². The molecule has 0 spiro atoms. The molecule has 1 heterocycles. The SMILES string of the molecule is OC(c1ccccc1Cl)c1c(F)cc(F)nc1F. The first-order valence-electron chi connectivity index (χ1n) is 4.94. The summed E-state index contributed by atoms with van der Waals surface area (Å²) < 4.78 is 39.5. The van der Waals surface area contributed by atoms with Crippen LogP contribution in [-0.4, -0.2) is 10.1 Å². The minimum absolute atomic E-state index is 0.116. The van der Waals surface area contributed by atoms with E-state index in [1.807, 2.05) is 0 Å². The van der Waals surface area contributed by atoms with Crippen LogP contribution in [0.3, 0.4) is 0 Å². The Morgan fingerprint density at radius 3 is 2.44 bits per heavy atom. The molecule has 1 aromatic carbocycles. The molecule has 0 radical (unpaired) electrons.